The number of imidazole rings is 1. The van der Waals surface area contributed by atoms with Crippen molar-refractivity contribution in [1.82, 2.24) is 9.55 Å². The average Bonchev–Trinajstić information content (AvgIpc) is 3.09. The molecule has 4 rings (SSSR count). The number of nitrogens with zero attached hydrogens (tertiary/aromatic N) is 2. The molecule has 0 saturated carbocycles. The molecule has 0 aliphatic rings. The molecule has 25 heavy (non-hydrogen) atoms. The highest BCUT2D eigenvalue weighted by atomic mass is 35.5. The molecule has 4 heteroatoms. The molecule has 0 aliphatic carbocycles. The maximum atomic E-state index is 6.03. The minimum Gasteiger partial charge on any atom is -0.299 e. The number of benzene rings is 3. The summed E-state index contributed by atoms with van der Waals surface area (Å²) in [7, 11) is 0. The predicted octanol–water partition coefficient (Wildman–Crippen LogP) is 6.51. The fourth-order valence-corrected chi connectivity index (χ4v) is 2.98. The van der Waals surface area contributed by atoms with Crippen LogP contribution in [0.15, 0.2) is 85.1 Å². The number of hydrogen-bond acceptors (Lipinski definition) is 1. The first-order chi connectivity index (χ1) is 12.2. The van der Waals surface area contributed by atoms with Crippen molar-refractivity contribution in [1.29, 1.82) is 0 Å². The van der Waals surface area contributed by atoms with Crippen LogP contribution in [0, 0.1) is 0 Å². The molecule has 0 spiro atoms. The highest BCUT2D eigenvalue weighted by Crippen LogP contribution is 2.29. The van der Waals surface area contributed by atoms with Crippen LogP contribution in [0.25, 0.3) is 28.3 Å². The van der Waals surface area contributed by atoms with Gasteiger partial charge in [0, 0.05) is 33.1 Å². The lowest BCUT2D eigenvalue weighted by Crippen LogP contribution is -1.95. The third-order valence-electron chi connectivity index (χ3n) is 3.98. The van der Waals surface area contributed by atoms with E-state index in [2.05, 4.69) is 16.7 Å². The number of rotatable bonds is 3. The van der Waals surface area contributed by atoms with Crippen molar-refractivity contribution in [2.45, 2.75) is 0 Å². The van der Waals surface area contributed by atoms with Gasteiger partial charge in [-0.1, -0.05) is 53.5 Å². The summed E-state index contributed by atoms with van der Waals surface area (Å²) in [6.07, 6.45) is 2.04. The Hall–Kier alpha value is -2.55. The first-order valence-corrected chi connectivity index (χ1v) is 8.63. The SMILES string of the molecule is Clc1ccc(-c2nc(-c3ccccc3)cn2-c2ccc(Cl)cc2)cc1. The molecule has 1 heterocycles. The van der Waals surface area contributed by atoms with Crippen molar-refractivity contribution in [2.75, 3.05) is 0 Å². The van der Waals surface area contributed by atoms with E-state index in [4.69, 9.17) is 28.2 Å². The summed E-state index contributed by atoms with van der Waals surface area (Å²) in [6.45, 7) is 0. The van der Waals surface area contributed by atoms with Gasteiger partial charge in [0.15, 0.2) is 0 Å². The second-order valence-corrected chi connectivity index (χ2v) is 6.54. The minimum atomic E-state index is 0.705. The number of aromatic nitrogens is 2. The zero-order valence-corrected chi connectivity index (χ0v) is 14.7. The van der Waals surface area contributed by atoms with Crippen LogP contribution < -0.4 is 0 Å². The minimum absolute atomic E-state index is 0.705. The van der Waals surface area contributed by atoms with Gasteiger partial charge in [0.1, 0.15) is 5.82 Å². The largest absolute Gasteiger partial charge is 0.299 e. The van der Waals surface area contributed by atoms with E-state index < -0.39 is 0 Å². The molecule has 3 aromatic carbocycles. The second-order valence-electron chi connectivity index (χ2n) is 5.67. The fourth-order valence-electron chi connectivity index (χ4n) is 2.73. The van der Waals surface area contributed by atoms with Gasteiger partial charge < -0.3 is 0 Å². The highest BCUT2D eigenvalue weighted by Gasteiger charge is 2.13. The monoisotopic (exact) mass is 364 g/mol. The molecule has 0 fully saturated rings. The lowest BCUT2D eigenvalue weighted by Gasteiger charge is -2.08. The lowest BCUT2D eigenvalue weighted by atomic mass is 10.2. The van der Waals surface area contributed by atoms with E-state index in [1.54, 1.807) is 0 Å². The average molecular weight is 365 g/mol. The van der Waals surface area contributed by atoms with Crippen molar-refractivity contribution in [3.8, 4) is 28.3 Å². The quantitative estimate of drug-likeness (QED) is 0.404. The summed E-state index contributed by atoms with van der Waals surface area (Å²) >= 11 is 12.1. The Labute approximate surface area is 156 Å². The van der Waals surface area contributed by atoms with Gasteiger partial charge in [0.05, 0.1) is 5.69 Å². The molecule has 2 nitrogen and oxygen atoms in total. The normalized spacial score (nSPS) is 10.8. The van der Waals surface area contributed by atoms with Gasteiger partial charge in [-0.3, -0.25) is 4.57 Å². The van der Waals surface area contributed by atoms with E-state index in [0.29, 0.717) is 10.0 Å². The van der Waals surface area contributed by atoms with E-state index in [1.165, 1.54) is 0 Å². The van der Waals surface area contributed by atoms with Crippen molar-refractivity contribution in [3.05, 3.63) is 95.1 Å². The lowest BCUT2D eigenvalue weighted by molar-refractivity contribution is 1.07. The van der Waals surface area contributed by atoms with Gasteiger partial charge in [-0.05, 0) is 48.5 Å². The van der Waals surface area contributed by atoms with Crippen LogP contribution in [0.3, 0.4) is 0 Å². The molecule has 122 valence electrons. The topological polar surface area (TPSA) is 17.8 Å². The van der Waals surface area contributed by atoms with Crippen LogP contribution in [-0.2, 0) is 0 Å². The van der Waals surface area contributed by atoms with E-state index >= 15 is 0 Å². The molecule has 1 aromatic heterocycles. The van der Waals surface area contributed by atoms with E-state index in [0.717, 1.165) is 28.3 Å². The third kappa shape index (κ3) is 3.32. The smallest absolute Gasteiger partial charge is 0.145 e. The second kappa shape index (κ2) is 6.75. The molecule has 0 aliphatic heterocycles. The maximum Gasteiger partial charge on any atom is 0.145 e. The molecule has 0 radical (unpaired) electrons. The molecule has 0 N–H and O–H groups in total. The summed E-state index contributed by atoms with van der Waals surface area (Å²) in [5.74, 6) is 0.859. The Bertz CT molecular complexity index is 926. The van der Waals surface area contributed by atoms with E-state index in [-0.39, 0.29) is 0 Å². The molecule has 0 unspecified atom stereocenters. The zero-order chi connectivity index (χ0) is 17.2. The first-order valence-electron chi connectivity index (χ1n) is 7.87. The van der Waals surface area contributed by atoms with Crippen molar-refractivity contribution >= 4 is 23.2 Å². The van der Waals surface area contributed by atoms with Crippen molar-refractivity contribution in [2.24, 2.45) is 0 Å². The summed E-state index contributed by atoms with van der Waals surface area (Å²) in [5.41, 5.74) is 4.00. The fraction of sp³-hybridized carbons (Fsp3) is 0. The Morgan fingerprint density at radius 2 is 1.24 bits per heavy atom. The predicted molar refractivity (Wildman–Crippen MR) is 104 cm³/mol. The summed E-state index contributed by atoms with van der Waals surface area (Å²) in [4.78, 5) is 4.87. The van der Waals surface area contributed by atoms with E-state index in [9.17, 15) is 0 Å². The van der Waals surface area contributed by atoms with Crippen LogP contribution in [0.1, 0.15) is 0 Å². The van der Waals surface area contributed by atoms with Crippen LogP contribution in [0.5, 0.6) is 0 Å². The molecule has 0 bridgehead atoms. The van der Waals surface area contributed by atoms with E-state index in [1.807, 2.05) is 72.9 Å². The van der Waals surface area contributed by atoms with Gasteiger partial charge >= 0.3 is 0 Å². The van der Waals surface area contributed by atoms with Crippen LogP contribution in [0.2, 0.25) is 10.0 Å². The Kier molecular flexibility index (Phi) is 4.31. The highest BCUT2D eigenvalue weighted by molar-refractivity contribution is 6.30. The van der Waals surface area contributed by atoms with Crippen molar-refractivity contribution in [3.63, 3.8) is 0 Å². The first kappa shape index (κ1) is 15.9. The third-order valence-corrected chi connectivity index (χ3v) is 4.49. The van der Waals surface area contributed by atoms with Gasteiger partial charge in [-0.15, -0.1) is 0 Å². The maximum absolute atomic E-state index is 6.03. The van der Waals surface area contributed by atoms with Gasteiger partial charge in [0.25, 0.3) is 0 Å². The molecule has 0 saturated heterocycles. The summed E-state index contributed by atoms with van der Waals surface area (Å²) in [5, 5.41) is 1.41. The van der Waals surface area contributed by atoms with Gasteiger partial charge in [-0.2, -0.15) is 0 Å². The Morgan fingerprint density at radius 1 is 0.640 bits per heavy atom. The van der Waals surface area contributed by atoms with Gasteiger partial charge in [0.2, 0.25) is 0 Å². The molecule has 0 atom stereocenters. The summed E-state index contributed by atoms with van der Waals surface area (Å²) in [6, 6.07) is 25.6. The molecule has 0 amide bonds. The molecular formula is C21H14Cl2N2. The number of hydrogen-bond donors (Lipinski definition) is 0. The Morgan fingerprint density at radius 3 is 1.88 bits per heavy atom. The van der Waals surface area contributed by atoms with Crippen molar-refractivity contribution < 1.29 is 0 Å². The Balaban J connectivity index is 1.89. The zero-order valence-electron chi connectivity index (χ0n) is 13.2. The van der Waals surface area contributed by atoms with Gasteiger partial charge in [-0.25, -0.2) is 4.98 Å². The molecule has 4 aromatic rings. The van der Waals surface area contributed by atoms with Crippen LogP contribution in [-0.4, -0.2) is 9.55 Å². The number of halogens is 2. The molecular weight excluding hydrogens is 351 g/mol. The van der Waals surface area contributed by atoms with Crippen LogP contribution in [0.4, 0.5) is 0 Å². The standard InChI is InChI=1S/C21H14Cl2N2/c22-17-8-6-16(7-9-17)21-24-20(15-4-2-1-3-5-15)14-25(21)19-12-10-18(23)11-13-19/h1-14H. The summed E-state index contributed by atoms with van der Waals surface area (Å²) < 4.78 is 2.07. The van der Waals surface area contributed by atoms with Crippen LogP contribution >= 0.6 is 23.2 Å².